The maximum absolute atomic E-state index is 4.80. The molecule has 1 fully saturated rings. The molecule has 2 rings (SSSR count). The van der Waals surface area contributed by atoms with Gasteiger partial charge in [-0.15, -0.1) is 35.3 Å². The van der Waals surface area contributed by atoms with Gasteiger partial charge in [-0.1, -0.05) is 19.8 Å². The molecule has 0 unspecified atom stereocenters. The van der Waals surface area contributed by atoms with Gasteiger partial charge in [0, 0.05) is 30.9 Å². The van der Waals surface area contributed by atoms with Crippen LogP contribution in [0.4, 0.5) is 0 Å². The van der Waals surface area contributed by atoms with Gasteiger partial charge in [0.15, 0.2) is 5.96 Å². The minimum absolute atomic E-state index is 0. The number of nitrogens with one attached hydrogen (secondary N) is 2. The number of rotatable bonds is 6. The first kappa shape index (κ1) is 20.7. The molecule has 6 heteroatoms. The molecule has 1 heterocycles. The summed E-state index contributed by atoms with van der Waals surface area (Å²) in [5.74, 6) is 0.945. The summed E-state index contributed by atoms with van der Waals surface area (Å²) in [6, 6.07) is 0. The van der Waals surface area contributed by atoms with Gasteiger partial charge in [0.1, 0.15) is 0 Å². The number of aromatic nitrogens is 1. The van der Waals surface area contributed by atoms with Crippen molar-refractivity contribution < 1.29 is 0 Å². The van der Waals surface area contributed by atoms with Crippen molar-refractivity contribution in [2.45, 2.75) is 59.8 Å². The minimum Gasteiger partial charge on any atom is -0.357 e. The molecule has 0 radical (unpaired) electrons. The first-order valence-corrected chi connectivity index (χ1v) is 9.29. The van der Waals surface area contributed by atoms with E-state index in [0.717, 1.165) is 37.7 Å². The van der Waals surface area contributed by atoms with Crippen LogP contribution in [-0.4, -0.2) is 30.6 Å². The Morgan fingerprint density at radius 2 is 1.96 bits per heavy atom. The Labute approximate surface area is 162 Å². The Kier molecular flexibility index (Phi) is 8.82. The lowest BCUT2D eigenvalue weighted by Crippen LogP contribution is -2.39. The highest BCUT2D eigenvalue weighted by atomic mass is 127. The molecule has 132 valence electrons. The molecule has 0 saturated heterocycles. The van der Waals surface area contributed by atoms with Crippen molar-refractivity contribution in [3.8, 4) is 0 Å². The molecular weight excluding hydrogens is 419 g/mol. The first-order chi connectivity index (χ1) is 10.5. The topological polar surface area (TPSA) is 49.3 Å². The van der Waals surface area contributed by atoms with E-state index >= 15 is 0 Å². The molecule has 0 atom stereocenters. The Morgan fingerprint density at radius 1 is 1.26 bits per heavy atom. The summed E-state index contributed by atoms with van der Waals surface area (Å²) in [5.41, 5.74) is 1.57. The van der Waals surface area contributed by atoms with Gasteiger partial charge in [-0.05, 0) is 39.0 Å². The van der Waals surface area contributed by atoms with Crippen molar-refractivity contribution in [3.05, 3.63) is 15.6 Å². The van der Waals surface area contributed by atoms with Gasteiger partial charge in [0.25, 0.3) is 0 Å². The van der Waals surface area contributed by atoms with Crippen LogP contribution in [0.5, 0.6) is 0 Å². The lowest BCUT2D eigenvalue weighted by Gasteiger charge is -2.21. The second-order valence-corrected chi connectivity index (χ2v) is 7.93. The summed E-state index contributed by atoms with van der Waals surface area (Å²) >= 11 is 1.80. The molecule has 0 amide bonds. The molecule has 1 aromatic rings. The molecule has 0 spiro atoms. The SMILES string of the molecule is CCNC(=NCC1(C)CCCC1)NCCc1nc(C)c(C)s1.I. The fraction of sp³-hybridized carbons (Fsp3) is 0.765. The molecule has 4 nitrogen and oxygen atoms in total. The zero-order valence-corrected chi connectivity index (χ0v) is 18.0. The molecule has 1 saturated carbocycles. The Morgan fingerprint density at radius 3 is 2.52 bits per heavy atom. The van der Waals surface area contributed by atoms with Crippen molar-refractivity contribution in [1.29, 1.82) is 0 Å². The fourth-order valence-corrected chi connectivity index (χ4v) is 3.87. The first-order valence-electron chi connectivity index (χ1n) is 8.47. The standard InChI is InChI=1S/C17H30N4S.HI/c1-5-18-16(20-12-17(4)9-6-7-10-17)19-11-8-15-21-13(2)14(3)22-15;/h5-12H2,1-4H3,(H2,18,19,20);1H. The van der Waals surface area contributed by atoms with Crippen LogP contribution in [0.2, 0.25) is 0 Å². The van der Waals surface area contributed by atoms with Crippen LogP contribution < -0.4 is 10.6 Å². The highest BCUT2D eigenvalue weighted by Crippen LogP contribution is 2.37. The highest BCUT2D eigenvalue weighted by Gasteiger charge is 2.28. The monoisotopic (exact) mass is 450 g/mol. The fourth-order valence-electron chi connectivity index (χ4n) is 2.93. The number of aliphatic imine (C=N–C) groups is 1. The van der Waals surface area contributed by atoms with Crippen LogP contribution in [0.3, 0.4) is 0 Å². The third-order valence-electron chi connectivity index (χ3n) is 4.48. The number of hydrogen-bond donors (Lipinski definition) is 2. The molecule has 1 aliphatic carbocycles. The zero-order valence-electron chi connectivity index (χ0n) is 14.9. The predicted octanol–water partition coefficient (Wildman–Crippen LogP) is 4.06. The quantitative estimate of drug-likeness (QED) is 0.391. The Bertz CT molecular complexity index is 487. The van der Waals surface area contributed by atoms with Gasteiger partial charge in [-0.3, -0.25) is 4.99 Å². The largest absolute Gasteiger partial charge is 0.357 e. The summed E-state index contributed by atoms with van der Waals surface area (Å²) < 4.78 is 0. The van der Waals surface area contributed by atoms with E-state index < -0.39 is 0 Å². The van der Waals surface area contributed by atoms with Crippen LogP contribution in [0, 0.1) is 19.3 Å². The van der Waals surface area contributed by atoms with E-state index in [1.54, 1.807) is 11.3 Å². The Hall–Kier alpha value is -0.370. The van der Waals surface area contributed by atoms with Gasteiger partial charge >= 0.3 is 0 Å². The maximum atomic E-state index is 4.80. The highest BCUT2D eigenvalue weighted by molar-refractivity contribution is 14.0. The molecule has 0 aromatic carbocycles. The third kappa shape index (κ3) is 6.57. The van der Waals surface area contributed by atoms with Gasteiger partial charge in [0.05, 0.1) is 10.7 Å². The predicted molar refractivity (Wildman–Crippen MR) is 111 cm³/mol. The van der Waals surface area contributed by atoms with Gasteiger partial charge in [0.2, 0.25) is 0 Å². The average Bonchev–Trinajstić information content (AvgIpc) is 3.04. The number of aryl methyl sites for hydroxylation is 2. The number of nitrogens with zero attached hydrogens (tertiary/aromatic N) is 2. The number of thiazole rings is 1. The molecule has 0 aliphatic heterocycles. The molecule has 23 heavy (non-hydrogen) atoms. The van der Waals surface area contributed by atoms with Crippen LogP contribution in [-0.2, 0) is 6.42 Å². The maximum Gasteiger partial charge on any atom is 0.191 e. The summed E-state index contributed by atoms with van der Waals surface area (Å²) in [4.78, 5) is 10.7. The van der Waals surface area contributed by atoms with Gasteiger partial charge < -0.3 is 10.6 Å². The minimum atomic E-state index is 0. The van der Waals surface area contributed by atoms with E-state index in [1.165, 1.54) is 35.6 Å². The van der Waals surface area contributed by atoms with Gasteiger partial charge in [-0.25, -0.2) is 4.98 Å². The molecule has 1 aliphatic rings. The lowest BCUT2D eigenvalue weighted by molar-refractivity contribution is 0.350. The van der Waals surface area contributed by atoms with E-state index in [0.29, 0.717) is 5.41 Å². The zero-order chi connectivity index (χ0) is 16.0. The van der Waals surface area contributed by atoms with E-state index in [2.05, 4.69) is 43.3 Å². The van der Waals surface area contributed by atoms with Crippen molar-refractivity contribution in [1.82, 2.24) is 15.6 Å². The van der Waals surface area contributed by atoms with Crippen molar-refractivity contribution in [2.24, 2.45) is 10.4 Å². The molecule has 1 aromatic heterocycles. The van der Waals surface area contributed by atoms with Crippen LogP contribution in [0.25, 0.3) is 0 Å². The molecular formula is C17H31IN4S. The second-order valence-electron chi connectivity index (χ2n) is 6.64. The summed E-state index contributed by atoms with van der Waals surface area (Å²) in [5, 5.41) is 8.00. The van der Waals surface area contributed by atoms with Gasteiger partial charge in [-0.2, -0.15) is 0 Å². The second kappa shape index (κ2) is 9.81. The Balaban J connectivity index is 0.00000264. The third-order valence-corrected chi connectivity index (χ3v) is 5.61. The smallest absolute Gasteiger partial charge is 0.191 e. The summed E-state index contributed by atoms with van der Waals surface area (Å²) in [6.45, 7) is 11.4. The van der Waals surface area contributed by atoms with E-state index in [1.807, 2.05) is 0 Å². The van der Waals surface area contributed by atoms with Crippen LogP contribution in [0.1, 0.15) is 55.1 Å². The number of guanidine groups is 1. The van der Waals surface area contributed by atoms with E-state index in [9.17, 15) is 0 Å². The molecule has 0 bridgehead atoms. The van der Waals surface area contributed by atoms with Crippen molar-refractivity contribution >= 4 is 41.3 Å². The molecule has 2 N–H and O–H groups in total. The van der Waals surface area contributed by atoms with E-state index in [4.69, 9.17) is 4.99 Å². The van der Waals surface area contributed by atoms with Crippen LogP contribution in [0.15, 0.2) is 4.99 Å². The number of hydrogen-bond acceptors (Lipinski definition) is 3. The van der Waals surface area contributed by atoms with E-state index in [-0.39, 0.29) is 24.0 Å². The lowest BCUT2D eigenvalue weighted by atomic mass is 9.89. The van der Waals surface area contributed by atoms with Crippen molar-refractivity contribution in [2.75, 3.05) is 19.6 Å². The van der Waals surface area contributed by atoms with Crippen LogP contribution >= 0.6 is 35.3 Å². The summed E-state index contributed by atoms with van der Waals surface area (Å²) in [7, 11) is 0. The van der Waals surface area contributed by atoms with Crippen molar-refractivity contribution in [3.63, 3.8) is 0 Å². The number of halogens is 1. The average molecular weight is 450 g/mol. The normalized spacial score (nSPS) is 17.0. The summed E-state index contributed by atoms with van der Waals surface area (Å²) in [6.07, 6.45) is 6.31.